The second-order valence-corrected chi connectivity index (χ2v) is 7.33. The van der Waals surface area contributed by atoms with Gasteiger partial charge in [0.05, 0.1) is 10.5 Å². The van der Waals surface area contributed by atoms with Gasteiger partial charge in [0.1, 0.15) is 5.75 Å². The predicted octanol–water partition coefficient (Wildman–Crippen LogP) is 5.68. The van der Waals surface area contributed by atoms with E-state index in [0.717, 1.165) is 34.4 Å². The summed E-state index contributed by atoms with van der Waals surface area (Å²) in [7, 11) is 0. The van der Waals surface area contributed by atoms with Gasteiger partial charge in [0.15, 0.2) is 0 Å². The number of halogens is 1. The van der Waals surface area contributed by atoms with E-state index in [4.69, 9.17) is 22.1 Å². The minimum atomic E-state index is 0.537. The monoisotopic (exact) mass is 372 g/mol. The van der Waals surface area contributed by atoms with Crippen molar-refractivity contribution in [1.82, 2.24) is 4.98 Å². The van der Waals surface area contributed by atoms with Crippen molar-refractivity contribution in [1.29, 1.82) is 0 Å². The lowest BCUT2D eigenvalue weighted by atomic mass is 10.1. The van der Waals surface area contributed by atoms with Crippen LogP contribution in [0, 0.1) is 0 Å². The van der Waals surface area contributed by atoms with Gasteiger partial charge in [-0.2, -0.15) is 0 Å². The molecule has 1 aromatic heterocycles. The van der Waals surface area contributed by atoms with E-state index in [1.165, 1.54) is 5.56 Å². The van der Waals surface area contributed by atoms with Crippen molar-refractivity contribution in [3.63, 3.8) is 0 Å². The molecule has 0 fully saturated rings. The molecule has 0 amide bonds. The van der Waals surface area contributed by atoms with Crippen LogP contribution in [0.5, 0.6) is 11.6 Å². The predicted molar refractivity (Wildman–Crippen MR) is 107 cm³/mol. The number of hydrogen-bond donors (Lipinski definition) is 1. The lowest BCUT2D eigenvalue weighted by molar-refractivity contribution is 0.465. The van der Waals surface area contributed by atoms with Crippen LogP contribution < -0.4 is 10.5 Å². The lowest BCUT2D eigenvalue weighted by Gasteiger charge is -2.09. The third-order valence-corrected chi connectivity index (χ3v) is 5.25. The summed E-state index contributed by atoms with van der Waals surface area (Å²) in [6.45, 7) is 2.81. The average Bonchev–Trinajstić information content (AvgIpc) is 2.62. The van der Waals surface area contributed by atoms with Gasteiger partial charge in [-0.15, -0.1) is 11.8 Å². The molecule has 0 aliphatic rings. The first-order chi connectivity index (χ1) is 12.2. The molecule has 5 heteroatoms. The Morgan fingerprint density at radius 3 is 2.76 bits per heavy atom. The van der Waals surface area contributed by atoms with Gasteiger partial charge in [-0.05, 0) is 67.1 Å². The third kappa shape index (κ3) is 4.66. The molecular formula is C20H21ClN2OS. The van der Waals surface area contributed by atoms with Crippen LogP contribution in [0.25, 0.3) is 10.9 Å². The topological polar surface area (TPSA) is 48.1 Å². The number of ether oxygens (including phenoxy) is 1. The van der Waals surface area contributed by atoms with Crippen molar-refractivity contribution < 1.29 is 4.74 Å². The van der Waals surface area contributed by atoms with Crippen molar-refractivity contribution in [2.24, 2.45) is 5.73 Å². The second kappa shape index (κ2) is 8.56. The van der Waals surface area contributed by atoms with Gasteiger partial charge in [-0.25, -0.2) is 4.98 Å². The maximum Gasteiger partial charge on any atom is 0.219 e. The van der Waals surface area contributed by atoms with Gasteiger partial charge in [0, 0.05) is 16.3 Å². The standard InChI is InChI=1S/C20H21ClN2OS/c1-2-11-25-16-5-7-19(17(21)13-16)24-20-8-4-15-12-14(9-10-22)3-6-18(15)23-20/h3-8,12-13H,2,9-11,22H2,1H3. The van der Waals surface area contributed by atoms with Crippen molar-refractivity contribution in [3.8, 4) is 11.6 Å². The molecule has 0 saturated heterocycles. The van der Waals surface area contributed by atoms with Gasteiger partial charge in [-0.1, -0.05) is 24.6 Å². The highest BCUT2D eigenvalue weighted by molar-refractivity contribution is 7.99. The van der Waals surface area contributed by atoms with Crippen LogP contribution in [-0.2, 0) is 6.42 Å². The van der Waals surface area contributed by atoms with Gasteiger partial charge in [0.25, 0.3) is 0 Å². The average molecular weight is 373 g/mol. The second-order valence-electron chi connectivity index (χ2n) is 5.76. The summed E-state index contributed by atoms with van der Waals surface area (Å²) in [5.74, 6) is 2.23. The zero-order valence-electron chi connectivity index (χ0n) is 14.2. The number of nitrogens with zero attached hydrogens (tertiary/aromatic N) is 1. The summed E-state index contributed by atoms with van der Waals surface area (Å²) in [6, 6.07) is 15.9. The molecule has 2 N–H and O–H groups in total. The third-order valence-electron chi connectivity index (χ3n) is 3.75. The molecule has 3 nitrogen and oxygen atoms in total. The van der Waals surface area contributed by atoms with Gasteiger partial charge >= 0.3 is 0 Å². The lowest BCUT2D eigenvalue weighted by Crippen LogP contribution is -2.02. The zero-order valence-corrected chi connectivity index (χ0v) is 15.7. The smallest absolute Gasteiger partial charge is 0.219 e. The van der Waals surface area contributed by atoms with E-state index in [1.807, 2.05) is 36.4 Å². The molecule has 130 valence electrons. The number of hydrogen-bond acceptors (Lipinski definition) is 4. The van der Waals surface area contributed by atoms with Crippen LogP contribution in [0.3, 0.4) is 0 Å². The maximum absolute atomic E-state index is 6.35. The highest BCUT2D eigenvalue weighted by Gasteiger charge is 2.07. The maximum atomic E-state index is 6.35. The van der Waals surface area contributed by atoms with E-state index in [9.17, 15) is 0 Å². The Morgan fingerprint density at radius 2 is 2.00 bits per heavy atom. The van der Waals surface area contributed by atoms with Crippen LogP contribution >= 0.6 is 23.4 Å². The minimum Gasteiger partial charge on any atom is -0.437 e. The molecule has 0 radical (unpaired) electrons. The highest BCUT2D eigenvalue weighted by Crippen LogP contribution is 2.33. The molecule has 1 heterocycles. The normalized spacial score (nSPS) is 11.0. The molecule has 0 atom stereocenters. The van der Waals surface area contributed by atoms with Crippen molar-refractivity contribution >= 4 is 34.3 Å². The van der Waals surface area contributed by atoms with E-state index < -0.39 is 0 Å². The molecule has 0 saturated carbocycles. The van der Waals surface area contributed by atoms with Gasteiger partial charge in [-0.3, -0.25) is 0 Å². The van der Waals surface area contributed by atoms with E-state index in [-0.39, 0.29) is 0 Å². The first-order valence-electron chi connectivity index (χ1n) is 8.39. The molecule has 0 aliphatic carbocycles. The molecule has 0 bridgehead atoms. The van der Waals surface area contributed by atoms with Crippen LogP contribution in [-0.4, -0.2) is 17.3 Å². The Balaban J connectivity index is 1.79. The van der Waals surface area contributed by atoms with Crippen molar-refractivity contribution in [3.05, 3.63) is 59.1 Å². The summed E-state index contributed by atoms with van der Waals surface area (Å²) in [5.41, 5.74) is 7.73. The van der Waals surface area contributed by atoms with Crippen LogP contribution in [0.1, 0.15) is 18.9 Å². The number of pyridine rings is 1. The van der Waals surface area contributed by atoms with Crippen LogP contribution in [0.2, 0.25) is 5.02 Å². The molecule has 3 aromatic rings. The van der Waals surface area contributed by atoms with Crippen LogP contribution in [0.15, 0.2) is 53.4 Å². The molecule has 0 unspecified atom stereocenters. The molecule has 0 spiro atoms. The summed E-state index contributed by atoms with van der Waals surface area (Å²) < 4.78 is 5.88. The summed E-state index contributed by atoms with van der Waals surface area (Å²) >= 11 is 8.15. The minimum absolute atomic E-state index is 0.537. The molecular weight excluding hydrogens is 352 g/mol. The zero-order chi connectivity index (χ0) is 17.6. The molecule has 0 aliphatic heterocycles. The van der Waals surface area contributed by atoms with Crippen LogP contribution in [0.4, 0.5) is 0 Å². The molecule has 3 rings (SSSR count). The van der Waals surface area contributed by atoms with Gasteiger partial charge < -0.3 is 10.5 Å². The molecule has 25 heavy (non-hydrogen) atoms. The number of rotatable bonds is 7. The van der Waals surface area contributed by atoms with E-state index in [1.54, 1.807) is 11.8 Å². The van der Waals surface area contributed by atoms with Crippen molar-refractivity contribution in [2.75, 3.05) is 12.3 Å². The first kappa shape index (κ1) is 18.1. The fourth-order valence-electron chi connectivity index (χ4n) is 2.52. The summed E-state index contributed by atoms with van der Waals surface area (Å²) in [5, 5.41) is 1.68. The van der Waals surface area contributed by atoms with E-state index in [2.05, 4.69) is 24.0 Å². The Hall–Kier alpha value is -1.75. The number of nitrogens with two attached hydrogens (primary N) is 1. The summed E-state index contributed by atoms with van der Waals surface area (Å²) in [6.07, 6.45) is 2.00. The quantitative estimate of drug-likeness (QED) is 0.541. The Kier molecular flexibility index (Phi) is 6.19. The largest absolute Gasteiger partial charge is 0.437 e. The Bertz CT molecular complexity index is 869. The van der Waals surface area contributed by atoms with E-state index in [0.29, 0.717) is 23.2 Å². The van der Waals surface area contributed by atoms with E-state index >= 15 is 0 Å². The SMILES string of the molecule is CCCSc1ccc(Oc2ccc3cc(CCN)ccc3n2)c(Cl)c1. The molecule has 2 aromatic carbocycles. The Morgan fingerprint density at radius 1 is 1.12 bits per heavy atom. The number of aromatic nitrogens is 1. The number of thioether (sulfide) groups is 1. The van der Waals surface area contributed by atoms with Crippen molar-refractivity contribution in [2.45, 2.75) is 24.7 Å². The number of fused-ring (bicyclic) bond motifs is 1. The fraction of sp³-hybridized carbons (Fsp3) is 0.250. The Labute approximate surface area is 157 Å². The highest BCUT2D eigenvalue weighted by atomic mass is 35.5. The summed E-state index contributed by atoms with van der Waals surface area (Å²) in [4.78, 5) is 5.72. The van der Waals surface area contributed by atoms with Gasteiger partial charge in [0.2, 0.25) is 5.88 Å². The first-order valence-corrected chi connectivity index (χ1v) is 9.76. The number of benzene rings is 2. The fourth-order valence-corrected chi connectivity index (χ4v) is 3.61.